The van der Waals surface area contributed by atoms with Gasteiger partial charge in [0.1, 0.15) is 10.6 Å². The highest BCUT2D eigenvalue weighted by molar-refractivity contribution is 7.89. The molecule has 1 fully saturated rings. The quantitative estimate of drug-likeness (QED) is 0.753. The largest absolute Gasteiger partial charge is 0.497 e. The number of benzene rings is 2. The van der Waals surface area contributed by atoms with E-state index < -0.39 is 15.9 Å². The molecule has 1 aliphatic rings. The fourth-order valence-corrected chi connectivity index (χ4v) is 4.80. The summed E-state index contributed by atoms with van der Waals surface area (Å²) in [5.74, 6) is 0.296. The first kappa shape index (κ1) is 20.1. The summed E-state index contributed by atoms with van der Waals surface area (Å²) in [4.78, 5) is 12.5. The Bertz CT molecular complexity index is 964. The van der Waals surface area contributed by atoms with Gasteiger partial charge >= 0.3 is 0 Å². The number of sulfonamides is 1. The Morgan fingerprint density at radius 1 is 1.07 bits per heavy atom. The van der Waals surface area contributed by atoms with Crippen LogP contribution in [0.3, 0.4) is 0 Å². The van der Waals surface area contributed by atoms with E-state index in [1.807, 2.05) is 18.2 Å². The van der Waals surface area contributed by atoms with Crippen LogP contribution in [0.5, 0.6) is 5.75 Å². The average molecular weight is 401 g/mol. The van der Waals surface area contributed by atoms with Crippen LogP contribution in [-0.2, 0) is 14.8 Å². The zero-order valence-corrected chi connectivity index (χ0v) is 16.6. The fraction of sp³-hybridized carbons (Fsp3) is 0.286. The van der Waals surface area contributed by atoms with Crippen molar-refractivity contribution < 1.29 is 17.9 Å². The molecule has 1 saturated heterocycles. The van der Waals surface area contributed by atoms with E-state index in [-0.39, 0.29) is 10.6 Å². The van der Waals surface area contributed by atoms with Gasteiger partial charge in [-0.05, 0) is 48.7 Å². The summed E-state index contributed by atoms with van der Waals surface area (Å²) in [5, 5.41) is 2.69. The minimum Gasteiger partial charge on any atom is -0.497 e. The number of nitrogens with one attached hydrogen (secondary N) is 1. The third kappa shape index (κ3) is 4.79. The van der Waals surface area contributed by atoms with Crippen molar-refractivity contribution in [2.24, 2.45) is 0 Å². The SMILES string of the molecule is COc1cccc(/C=C/C(=O)Nc2ccccc2S(=O)(=O)N2CCCCC2)c1. The molecule has 1 heterocycles. The van der Waals surface area contributed by atoms with Crippen molar-refractivity contribution >= 4 is 27.7 Å². The molecule has 2 aromatic carbocycles. The van der Waals surface area contributed by atoms with E-state index >= 15 is 0 Å². The second-order valence-electron chi connectivity index (χ2n) is 6.56. The molecule has 28 heavy (non-hydrogen) atoms. The van der Waals surface area contributed by atoms with E-state index in [9.17, 15) is 13.2 Å². The fourth-order valence-electron chi connectivity index (χ4n) is 3.13. The Hall–Kier alpha value is -2.64. The minimum absolute atomic E-state index is 0.125. The maximum atomic E-state index is 13.0. The maximum absolute atomic E-state index is 13.0. The van der Waals surface area contributed by atoms with Gasteiger partial charge in [-0.3, -0.25) is 4.79 Å². The van der Waals surface area contributed by atoms with Crippen molar-refractivity contribution in [3.8, 4) is 5.75 Å². The lowest BCUT2D eigenvalue weighted by Crippen LogP contribution is -2.36. The van der Waals surface area contributed by atoms with Crippen LogP contribution in [0.4, 0.5) is 5.69 Å². The summed E-state index contributed by atoms with van der Waals surface area (Å²) in [6.45, 7) is 1.03. The van der Waals surface area contributed by atoms with Crippen LogP contribution >= 0.6 is 0 Å². The topological polar surface area (TPSA) is 75.7 Å². The molecule has 3 rings (SSSR count). The standard InChI is InChI=1S/C21H24N2O4S/c1-27-18-9-7-8-17(16-18)12-13-21(24)22-19-10-3-4-11-20(19)28(25,26)23-14-5-2-6-15-23/h3-4,7-13,16H,2,5-6,14-15H2,1H3,(H,22,24)/b13-12+. The Morgan fingerprint density at radius 3 is 2.57 bits per heavy atom. The second-order valence-corrected chi connectivity index (χ2v) is 8.47. The Morgan fingerprint density at radius 2 is 1.82 bits per heavy atom. The van der Waals surface area contributed by atoms with Crippen LogP contribution in [0.1, 0.15) is 24.8 Å². The summed E-state index contributed by atoms with van der Waals surface area (Å²) in [5.41, 5.74) is 1.09. The summed E-state index contributed by atoms with van der Waals surface area (Å²) in [7, 11) is -2.06. The first-order valence-corrected chi connectivity index (χ1v) is 10.7. The summed E-state index contributed by atoms with van der Waals surface area (Å²) < 4.78 is 32.6. The summed E-state index contributed by atoms with van der Waals surface area (Å²) in [6.07, 6.45) is 5.78. The number of carbonyl (C=O) groups is 1. The van der Waals surface area contributed by atoms with Crippen LogP contribution in [0, 0.1) is 0 Å². The number of rotatable bonds is 6. The molecule has 0 spiro atoms. The van der Waals surface area contributed by atoms with Gasteiger partial charge in [0, 0.05) is 19.2 Å². The Labute approximate surface area is 165 Å². The molecular formula is C21H24N2O4S. The number of piperidine rings is 1. The molecule has 2 aromatic rings. The van der Waals surface area contributed by atoms with E-state index in [2.05, 4.69) is 5.32 Å². The molecule has 6 nitrogen and oxygen atoms in total. The highest BCUT2D eigenvalue weighted by atomic mass is 32.2. The van der Waals surface area contributed by atoms with Gasteiger partial charge in [0.2, 0.25) is 15.9 Å². The minimum atomic E-state index is -3.64. The molecule has 148 valence electrons. The first-order valence-electron chi connectivity index (χ1n) is 9.23. The number of ether oxygens (including phenoxy) is 1. The van der Waals surface area contributed by atoms with Crippen LogP contribution < -0.4 is 10.1 Å². The average Bonchev–Trinajstić information content (AvgIpc) is 2.73. The number of methoxy groups -OCH3 is 1. The van der Waals surface area contributed by atoms with Crippen LogP contribution in [0.15, 0.2) is 59.5 Å². The molecule has 1 N–H and O–H groups in total. The number of hydrogen-bond acceptors (Lipinski definition) is 4. The van der Waals surface area contributed by atoms with Crippen LogP contribution in [0.25, 0.3) is 6.08 Å². The lowest BCUT2D eigenvalue weighted by Gasteiger charge is -2.26. The van der Waals surface area contributed by atoms with E-state index in [4.69, 9.17) is 4.74 Å². The number of para-hydroxylation sites is 1. The van der Waals surface area contributed by atoms with Gasteiger partial charge < -0.3 is 10.1 Å². The van der Waals surface area contributed by atoms with Gasteiger partial charge in [-0.2, -0.15) is 4.31 Å². The number of anilines is 1. The van der Waals surface area contributed by atoms with E-state index in [1.54, 1.807) is 37.5 Å². The first-order chi connectivity index (χ1) is 13.5. The molecule has 0 unspecified atom stereocenters. The predicted molar refractivity (Wildman–Crippen MR) is 110 cm³/mol. The Balaban J connectivity index is 1.77. The zero-order chi connectivity index (χ0) is 20.0. The van der Waals surface area contributed by atoms with Crippen molar-refractivity contribution in [2.75, 3.05) is 25.5 Å². The normalized spacial score (nSPS) is 15.5. The van der Waals surface area contributed by atoms with Gasteiger partial charge in [-0.1, -0.05) is 30.7 Å². The number of nitrogens with zero attached hydrogens (tertiary/aromatic N) is 1. The van der Waals surface area contributed by atoms with Crippen molar-refractivity contribution in [1.82, 2.24) is 4.31 Å². The third-order valence-electron chi connectivity index (χ3n) is 4.60. The molecule has 1 amide bonds. The smallest absolute Gasteiger partial charge is 0.248 e. The molecule has 7 heteroatoms. The van der Waals surface area contributed by atoms with E-state index in [0.29, 0.717) is 18.8 Å². The molecule has 0 aliphatic carbocycles. The summed E-state index contributed by atoms with van der Waals surface area (Å²) >= 11 is 0. The third-order valence-corrected chi connectivity index (χ3v) is 6.56. The number of hydrogen-bond donors (Lipinski definition) is 1. The summed E-state index contributed by atoms with van der Waals surface area (Å²) in [6, 6.07) is 13.8. The zero-order valence-electron chi connectivity index (χ0n) is 15.8. The monoisotopic (exact) mass is 400 g/mol. The highest BCUT2D eigenvalue weighted by Crippen LogP contribution is 2.26. The molecule has 0 radical (unpaired) electrons. The number of carbonyl (C=O) groups excluding carboxylic acids is 1. The van der Waals surface area contributed by atoms with Crippen molar-refractivity contribution in [1.29, 1.82) is 0 Å². The van der Waals surface area contributed by atoms with Crippen LogP contribution in [0.2, 0.25) is 0 Å². The van der Waals surface area contributed by atoms with Gasteiger partial charge in [0.15, 0.2) is 0 Å². The molecule has 1 aliphatic heterocycles. The lowest BCUT2D eigenvalue weighted by atomic mass is 10.2. The van der Waals surface area contributed by atoms with Crippen molar-refractivity contribution in [2.45, 2.75) is 24.2 Å². The van der Waals surface area contributed by atoms with E-state index in [1.165, 1.54) is 16.4 Å². The molecule has 0 aromatic heterocycles. The predicted octanol–water partition coefficient (Wildman–Crippen LogP) is 3.52. The second kappa shape index (κ2) is 9.03. The van der Waals surface area contributed by atoms with Crippen LogP contribution in [-0.4, -0.2) is 38.8 Å². The molecule has 0 atom stereocenters. The molecular weight excluding hydrogens is 376 g/mol. The van der Waals surface area contributed by atoms with Crippen molar-refractivity contribution in [3.05, 3.63) is 60.2 Å². The molecule has 0 saturated carbocycles. The van der Waals surface area contributed by atoms with E-state index in [0.717, 1.165) is 24.8 Å². The van der Waals surface area contributed by atoms with Crippen molar-refractivity contribution in [3.63, 3.8) is 0 Å². The maximum Gasteiger partial charge on any atom is 0.248 e. The van der Waals surface area contributed by atoms with Gasteiger partial charge in [-0.25, -0.2) is 8.42 Å². The molecule has 0 bridgehead atoms. The van der Waals surface area contributed by atoms with Gasteiger partial charge in [0.05, 0.1) is 12.8 Å². The Kier molecular flexibility index (Phi) is 6.49. The lowest BCUT2D eigenvalue weighted by molar-refractivity contribution is -0.111. The van der Waals surface area contributed by atoms with Gasteiger partial charge in [-0.15, -0.1) is 0 Å². The van der Waals surface area contributed by atoms with Gasteiger partial charge in [0.25, 0.3) is 0 Å². The number of amides is 1. The highest BCUT2D eigenvalue weighted by Gasteiger charge is 2.28.